The third-order valence-corrected chi connectivity index (χ3v) is 10.5. The Kier molecular flexibility index (Phi) is 4.93. The number of morpholine rings is 1. The molecular formula is C26H41NO3. The molecule has 0 aromatic heterocycles. The van der Waals surface area contributed by atoms with E-state index in [0.29, 0.717) is 29.0 Å². The summed E-state index contributed by atoms with van der Waals surface area (Å²) in [5.74, 6) is 3.75. The molecular weight excluding hydrogens is 374 g/mol. The van der Waals surface area contributed by atoms with Crippen molar-refractivity contribution in [2.45, 2.75) is 104 Å². The van der Waals surface area contributed by atoms with Gasteiger partial charge in [0, 0.05) is 18.4 Å². The lowest BCUT2D eigenvalue weighted by Crippen LogP contribution is -2.63. The Labute approximate surface area is 182 Å². The number of Topliss-reactive ketones (excluding diaryl/α,β-unsaturated/α-hetero) is 1. The van der Waals surface area contributed by atoms with Crippen molar-refractivity contribution in [3.05, 3.63) is 0 Å². The number of fused-ring (bicyclic) bond motifs is 5. The van der Waals surface area contributed by atoms with Gasteiger partial charge in [-0.15, -0.1) is 0 Å². The quantitative estimate of drug-likeness (QED) is 0.652. The normalized spacial score (nSPS) is 50.8. The van der Waals surface area contributed by atoms with E-state index in [2.05, 4.69) is 33.0 Å². The summed E-state index contributed by atoms with van der Waals surface area (Å²) in [4.78, 5) is 25.4. The second-order valence-corrected chi connectivity index (χ2v) is 12.4. The first-order valence-electron chi connectivity index (χ1n) is 12.7. The fourth-order valence-electron chi connectivity index (χ4n) is 8.70. The van der Waals surface area contributed by atoms with Gasteiger partial charge in [-0.1, -0.05) is 27.7 Å². The second-order valence-electron chi connectivity index (χ2n) is 12.4. The van der Waals surface area contributed by atoms with E-state index in [1.165, 1.54) is 25.7 Å². The standard InChI is InChI=1S/C26H41NO3/c1-16(2)13-21-23(29)30-26(15-27-21)12-11-24(3)17(14-26)5-6-18-19-7-8-22(28)25(19,4)10-9-20(18)24/h16-21,27H,5-15H2,1-4H3. The maximum atomic E-state index is 12.7. The Balaban J connectivity index is 1.31. The highest BCUT2D eigenvalue weighted by molar-refractivity contribution is 5.87. The molecule has 0 radical (unpaired) electrons. The zero-order chi connectivity index (χ0) is 21.3. The summed E-state index contributed by atoms with van der Waals surface area (Å²) in [6.07, 6.45) is 10.8. The summed E-state index contributed by atoms with van der Waals surface area (Å²) in [5, 5.41) is 3.55. The third-order valence-electron chi connectivity index (χ3n) is 10.5. The lowest BCUT2D eigenvalue weighted by Gasteiger charge is -2.62. The summed E-state index contributed by atoms with van der Waals surface area (Å²) >= 11 is 0. The first kappa shape index (κ1) is 21.0. The SMILES string of the molecule is CC(C)CC1NCC2(CCC3(C)C(CCC4C5CCC(=O)C5(C)CCC43)C2)OC1=O. The third kappa shape index (κ3) is 3.03. The Morgan fingerprint density at radius 1 is 1.03 bits per heavy atom. The number of carbonyl (C=O) groups is 2. The first-order chi connectivity index (χ1) is 14.2. The Bertz CT molecular complexity index is 734. The average Bonchev–Trinajstić information content (AvgIpc) is 3.00. The summed E-state index contributed by atoms with van der Waals surface area (Å²) in [6, 6.07) is -0.129. The maximum Gasteiger partial charge on any atom is 0.323 e. The van der Waals surface area contributed by atoms with Gasteiger partial charge in [0.15, 0.2) is 0 Å². The zero-order valence-corrected chi connectivity index (χ0v) is 19.5. The van der Waals surface area contributed by atoms with E-state index in [1.807, 2.05) is 0 Å². The summed E-state index contributed by atoms with van der Waals surface area (Å²) in [5.41, 5.74) is 0.0326. The van der Waals surface area contributed by atoms with E-state index in [9.17, 15) is 9.59 Å². The lowest BCUT2D eigenvalue weighted by atomic mass is 9.44. The smallest absolute Gasteiger partial charge is 0.323 e. The molecule has 0 bridgehead atoms. The first-order valence-corrected chi connectivity index (χ1v) is 12.7. The minimum Gasteiger partial charge on any atom is -0.457 e. The fraction of sp³-hybridized carbons (Fsp3) is 0.923. The molecule has 1 heterocycles. The highest BCUT2D eigenvalue weighted by Gasteiger charge is 2.62. The van der Waals surface area contributed by atoms with Gasteiger partial charge in [-0.2, -0.15) is 0 Å². The molecule has 4 nitrogen and oxygen atoms in total. The number of esters is 1. The van der Waals surface area contributed by atoms with E-state index in [4.69, 9.17) is 4.74 Å². The molecule has 4 saturated carbocycles. The van der Waals surface area contributed by atoms with E-state index in [0.717, 1.165) is 56.9 Å². The molecule has 30 heavy (non-hydrogen) atoms. The molecule has 8 atom stereocenters. The van der Waals surface area contributed by atoms with Gasteiger partial charge in [0.25, 0.3) is 0 Å². The molecule has 1 N–H and O–H groups in total. The van der Waals surface area contributed by atoms with E-state index < -0.39 is 0 Å². The number of rotatable bonds is 2. The van der Waals surface area contributed by atoms with Crippen LogP contribution >= 0.6 is 0 Å². The van der Waals surface area contributed by atoms with Crippen molar-refractivity contribution in [3.8, 4) is 0 Å². The van der Waals surface area contributed by atoms with Gasteiger partial charge in [0.1, 0.15) is 17.4 Å². The molecule has 0 aromatic carbocycles. The second kappa shape index (κ2) is 7.05. The molecule has 0 amide bonds. The molecule has 4 heteroatoms. The predicted octanol–water partition coefficient (Wildman–Crippen LogP) is 4.90. The van der Waals surface area contributed by atoms with Crippen molar-refractivity contribution in [2.24, 2.45) is 40.4 Å². The minimum atomic E-state index is -0.284. The van der Waals surface area contributed by atoms with E-state index >= 15 is 0 Å². The van der Waals surface area contributed by atoms with Gasteiger partial charge in [0.2, 0.25) is 0 Å². The van der Waals surface area contributed by atoms with Gasteiger partial charge in [-0.25, -0.2) is 0 Å². The molecule has 5 fully saturated rings. The molecule has 5 aliphatic rings. The lowest BCUT2D eigenvalue weighted by molar-refractivity contribution is -0.193. The molecule has 5 rings (SSSR count). The van der Waals surface area contributed by atoms with Gasteiger partial charge in [-0.05, 0) is 92.8 Å². The zero-order valence-electron chi connectivity index (χ0n) is 19.5. The maximum absolute atomic E-state index is 12.7. The number of carbonyl (C=O) groups excluding carboxylic acids is 2. The monoisotopic (exact) mass is 415 g/mol. The number of hydrogen-bond donors (Lipinski definition) is 1. The fourth-order valence-corrected chi connectivity index (χ4v) is 8.70. The van der Waals surface area contributed by atoms with Crippen LogP contribution in [0.5, 0.6) is 0 Å². The average molecular weight is 416 g/mol. The van der Waals surface area contributed by atoms with E-state index in [1.54, 1.807) is 0 Å². The molecule has 0 aromatic rings. The molecule has 4 aliphatic carbocycles. The Morgan fingerprint density at radius 3 is 2.57 bits per heavy atom. The molecule has 1 aliphatic heterocycles. The molecule has 1 saturated heterocycles. The van der Waals surface area contributed by atoms with Crippen LogP contribution in [0.2, 0.25) is 0 Å². The summed E-state index contributed by atoms with van der Waals surface area (Å²) in [7, 11) is 0. The highest BCUT2D eigenvalue weighted by atomic mass is 16.6. The Hall–Kier alpha value is -0.900. The predicted molar refractivity (Wildman–Crippen MR) is 117 cm³/mol. The topological polar surface area (TPSA) is 55.4 Å². The molecule has 168 valence electrons. The van der Waals surface area contributed by atoms with Crippen LogP contribution in [0.25, 0.3) is 0 Å². The van der Waals surface area contributed by atoms with Crippen LogP contribution in [-0.4, -0.2) is 29.9 Å². The number of ketones is 1. The molecule has 8 unspecified atom stereocenters. The largest absolute Gasteiger partial charge is 0.457 e. The summed E-state index contributed by atoms with van der Waals surface area (Å²) in [6.45, 7) is 9.97. The number of nitrogens with one attached hydrogen (secondary N) is 1. The van der Waals surface area contributed by atoms with Crippen LogP contribution in [0.15, 0.2) is 0 Å². The van der Waals surface area contributed by atoms with Crippen molar-refractivity contribution in [2.75, 3.05) is 6.54 Å². The van der Waals surface area contributed by atoms with Gasteiger partial charge < -0.3 is 10.1 Å². The van der Waals surface area contributed by atoms with Crippen molar-refractivity contribution in [3.63, 3.8) is 0 Å². The van der Waals surface area contributed by atoms with Crippen LogP contribution in [0.1, 0.15) is 91.9 Å². The van der Waals surface area contributed by atoms with Crippen molar-refractivity contribution < 1.29 is 14.3 Å². The van der Waals surface area contributed by atoms with E-state index in [-0.39, 0.29) is 23.0 Å². The Morgan fingerprint density at radius 2 is 1.83 bits per heavy atom. The van der Waals surface area contributed by atoms with Crippen LogP contribution in [0, 0.1) is 40.4 Å². The number of hydrogen-bond acceptors (Lipinski definition) is 4. The van der Waals surface area contributed by atoms with Crippen molar-refractivity contribution >= 4 is 11.8 Å². The van der Waals surface area contributed by atoms with Gasteiger partial charge >= 0.3 is 5.97 Å². The van der Waals surface area contributed by atoms with Gasteiger partial charge in [0.05, 0.1) is 0 Å². The van der Waals surface area contributed by atoms with Crippen LogP contribution in [0.3, 0.4) is 0 Å². The summed E-state index contributed by atoms with van der Waals surface area (Å²) < 4.78 is 6.21. The van der Waals surface area contributed by atoms with Crippen LogP contribution in [-0.2, 0) is 14.3 Å². The van der Waals surface area contributed by atoms with Crippen LogP contribution in [0.4, 0.5) is 0 Å². The van der Waals surface area contributed by atoms with Crippen molar-refractivity contribution in [1.82, 2.24) is 5.32 Å². The van der Waals surface area contributed by atoms with Gasteiger partial charge in [-0.3, -0.25) is 9.59 Å². The van der Waals surface area contributed by atoms with Crippen molar-refractivity contribution in [1.29, 1.82) is 0 Å². The highest BCUT2D eigenvalue weighted by Crippen LogP contribution is 2.66. The minimum absolute atomic E-state index is 0.0230. The van der Waals surface area contributed by atoms with Crippen LogP contribution < -0.4 is 5.32 Å². The number of ether oxygens (including phenoxy) is 1. The molecule has 1 spiro atoms.